The Balaban J connectivity index is 1.61. The third-order valence-electron chi connectivity index (χ3n) is 4.43. The molecule has 0 atom stereocenters. The van der Waals surface area contributed by atoms with E-state index >= 15 is 0 Å². The second-order valence-corrected chi connectivity index (χ2v) is 6.15. The van der Waals surface area contributed by atoms with Crippen LogP contribution in [0.4, 0.5) is 5.82 Å². The molecule has 0 spiro atoms. The van der Waals surface area contributed by atoms with Gasteiger partial charge in [-0.15, -0.1) is 0 Å². The van der Waals surface area contributed by atoms with Crippen molar-refractivity contribution in [2.75, 3.05) is 18.0 Å². The van der Waals surface area contributed by atoms with Crippen molar-refractivity contribution in [2.45, 2.75) is 19.4 Å². The number of hydrogen-bond donors (Lipinski definition) is 2. The molecule has 2 heterocycles. The second-order valence-electron chi connectivity index (χ2n) is 6.15. The summed E-state index contributed by atoms with van der Waals surface area (Å²) in [4.78, 5) is 29.8. The fourth-order valence-electron chi connectivity index (χ4n) is 2.95. The highest BCUT2D eigenvalue weighted by Crippen LogP contribution is 2.22. The van der Waals surface area contributed by atoms with Crippen molar-refractivity contribution in [2.24, 2.45) is 5.92 Å². The molecule has 1 fully saturated rings. The van der Waals surface area contributed by atoms with E-state index in [0.717, 1.165) is 11.4 Å². The molecule has 130 valence electrons. The minimum absolute atomic E-state index is 0.217. The Bertz CT molecular complexity index is 741. The number of aromatic nitrogens is 1. The Morgan fingerprint density at radius 2 is 1.80 bits per heavy atom. The van der Waals surface area contributed by atoms with Gasteiger partial charge in [-0.05, 0) is 30.5 Å². The number of pyridine rings is 1. The van der Waals surface area contributed by atoms with Crippen LogP contribution in [0.25, 0.3) is 0 Å². The van der Waals surface area contributed by atoms with E-state index in [1.807, 2.05) is 47.4 Å². The number of rotatable bonds is 5. The van der Waals surface area contributed by atoms with Gasteiger partial charge in [-0.2, -0.15) is 0 Å². The van der Waals surface area contributed by atoms with Gasteiger partial charge in [0, 0.05) is 19.6 Å². The van der Waals surface area contributed by atoms with Gasteiger partial charge in [0.1, 0.15) is 11.5 Å². The molecule has 1 saturated heterocycles. The highest BCUT2D eigenvalue weighted by molar-refractivity contribution is 5.92. The second kappa shape index (κ2) is 7.79. The maximum Gasteiger partial charge on any atom is 0.306 e. The first kappa shape index (κ1) is 17.0. The van der Waals surface area contributed by atoms with E-state index < -0.39 is 5.97 Å². The van der Waals surface area contributed by atoms with Crippen LogP contribution in [0, 0.1) is 5.92 Å². The van der Waals surface area contributed by atoms with Crippen molar-refractivity contribution in [3.63, 3.8) is 0 Å². The molecule has 1 amide bonds. The van der Waals surface area contributed by atoms with Crippen LogP contribution in [0.15, 0.2) is 48.5 Å². The van der Waals surface area contributed by atoms with Gasteiger partial charge in [0.25, 0.3) is 5.91 Å². The number of amides is 1. The van der Waals surface area contributed by atoms with Gasteiger partial charge < -0.3 is 15.3 Å². The predicted octanol–water partition coefficient (Wildman–Crippen LogP) is 2.31. The quantitative estimate of drug-likeness (QED) is 0.873. The van der Waals surface area contributed by atoms with Gasteiger partial charge in [0.15, 0.2) is 0 Å². The molecule has 0 bridgehead atoms. The minimum Gasteiger partial charge on any atom is -0.481 e. The van der Waals surface area contributed by atoms with E-state index in [-0.39, 0.29) is 11.8 Å². The highest BCUT2D eigenvalue weighted by atomic mass is 16.4. The van der Waals surface area contributed by atoms with Crippen molar-refractivity contribution in [3.05, 3.63) is 59.8 Å². The number of piperidine rings is 1. The summed E-state index contributed by atoms with van der Waals surface area (Å²) >= 11 is 0. The van der Waals surface area contributed by atoms with E-state index in [9.17, 15) is 9.59 Å². The van der Waals surface area contributed by atoms with E-state index in [1.54, 1.807) is 6.07 Å². The Kier molecular flexibility index (Phi) is 5.28. The first-order valence-corrected chi connectivity index (χ1v) is 8.40. The molecule has 25 heavy (non-hydrogen) atoms. The zero-order valence-corrected chi connectivity index (χ0v) is 13.9. The van der Waals surface area contributed by atoms with Crippen molar-refractivity contribution >= 4 is 17.7 Å². The molecule has 1 aromatic heterocycles. The number of aliphatic carboxylic acids is 1. The Hall–Kier alpha value is -2.89. The monoisotopic (exact) mass is 339 g/mol. The van der Waals surface area contributed by atoms with Crippen LogP contribution < -0.4 is 10.2 Å². The van der Waals surface area contributed by atoms with Gasteiger partial charge >= 0.3 is 5.97 Å². The van der Waals surface area contributed by atoms with Crippen molar-refractivity contribution in [3.8, 4) is 0 Å². The number of benzene rings is 1. The van der Waals surface area contributed by atoms with E-state index in [0.29, 0.717) is 38.2 Å². The molecule has 1 aliphatic heterocycles. The molecule has 2 aromatic rings. The van der Waals surface area contributed by atoms with Gasteiger partial charge in [-0.1, -0.05) is 36.4 Å². The molecule has 0 unspecified atom stereocenters. The van der Waals surface area contributed by atoms with Crippen LogP contribution in [0.2, 0.25) is 0 Å². The lowest BCUT2D eigenvalue weighted by molar-refractivity contribution is -0.142. The van der Waals surface area contributed by atoms with E-state index in [4.69, 9.17) is 5.11 Å². The fourth-order valence-corrected chi connectivity index (χ4v) is 2.95. The van der Waals surface area contributed by atoms with Crippen LogP contribution in [-0.4, -0.2) is 35.1 Å². The van der Waals surface area contributed by atoms with Gasteiger partial charge in [0.2, 0.25) is 0 Å². The zero-order valence-electron chi connectivity index (χ0n) is 13.9. The first-order chi connectivity index (χ1) is 12.1. The minimum atomic E-state index is -0.735. The summed E-state index contributed by atoms with van der Waals surface area (Å²) < 4.78 is 0. The maximum atomic E-state index is 12.3. The molecule has 0 aliphatic carbocycles. The van der Waals surface area contributed by atoms with Crippen LogP contribution in [-0.2, 0) is 11.3 Å². The van der Waals surface area contributed by atoms with Crippen LogP contribution in [0.1, 0.15) is 28.9 Å². The molecule has 0 radical (unpaired) electrons. The summed E-state index contributed by atoms with van der Waals surface area (Å²) in [6.07, 6.45) is 1.20. The number of carbonyl (C=O) groups is 2. The smallest absolute Gasteiger partial charge is 0.306 e. The Labute approximate surface area is 146 Å². The molecule has 3 rings (SSSR count). The Morgan fingerprint density at radius 3 is 2.48 bits per heavy atom. The number of carboxylic acid groups (broad SMARTS) is 1. The molecular weight excluding hydrogens is 318 g/mol. The standard InChI is InChI=1S/C19H21N3O3/c23-18(20-13-14-5-2-1-3-6-14)16-7-4-8-17(21-16)22-11-9-15(10-12-22)19(24)25/h1-8,15H,9-13H2,(H,20,23)(H,24,25). The SMILES string of the molecule is O=C(NCc1ccccc1)c1cccc(N2CCC(C(=O)O)CC2)n1. The molecule has 6 nitrogen and oxygen atoms in total. The van der Waals surface area contributed by atoms with E-state index in [2.05, 4.69) is 10.3 Å². The average molecular weight is 339 g/mol. The zero-order chi connectivity index (χ0) is 17.6. The predicted molar refractivity (Wildman–Crippen MR) is 94.4 cm³/mol. The molecule has 6 heteroatoms. The number of nitrogens with zero attached hydrogens (tertiary/aromatic N) is 2. The number of carbonyl (C=O) groups excluding carboxylic acids is 1. The lowest BCUT2D eigenvalue weighted by atomic mass is 9.97. The van der Waals surface area contributed by atoms with Gasteiger partial charge in [-0.25, -0.2) is 4.98 Å². The summed E-state index contributed by atoms with van der Waals surface area (Å²) in [5, 5.41) is 11.9. The molecule has 0 saturated carbocycles. The summed E-state index contributed by atoms with van der Waals surface area (Å²) in [6, 6.07) is 15.1. The summed E-state index contributed by atoms with van der Waals surface area (Å²) in [5.74, 6) is -0.516. The number of nitrogens with one attached hydrogen (secondary N) is 1. The average Bonchev–Trinajstić information content (AvgIpc) is 2.67. The molecule has 1 aliphatic rings. The molecule has 2 N–H and O–H groups in total. The maximum absolute atomic E-state index is 12.3. The number of carboxylic acids is 1. The summed E-state index contributed by atoms with van der Waals surface area (Å²) in [5.41, 5.74) is 1.40. The van der Waals surface area contributed by atoms with Crippen LogP contribution >= 0.6 is 0 Å². The fraction of sp³-hybridized carbons (Fsp3) is 0.316. The van der Waals surface area contributed by atoms with Gasteiger partial charge in [0.05, 0.1) is 5.92 Å². The normalized spacial score (nSPS) is 15.0. The van der Waals surface area contributed by atoms with Crippen LogP contribution in [0.5, 0.6) is 0 Å². The highest BCUT2D eigenvalue weighted by Gasteiger charge is 2.25. The van der Waals surface area contributed by atoms with Crippen molar-refractivity contribution in [1.29, 1.82) is 0 Å². The number of hydrogen-bond acceptors (Lipinski definition) is 4. The van der Waals surface area contributed by atoms with Crippen LogP contribution in [0.3, 0.4) is 0 Å². The van der Waals surface area contributed by atoms with Crippen molar-refractivity contribution < 1.29 is 14.7 Å². The lowest BCUT2D eigenvalue weighted by Gasteiger charge is -2.31. The number of anilines is 1. The van der Waals surface area contributed by atoms with E-state index in [1.165, 1.54) is 0 Å². The lowest BCUT2D eigenvalue weighted by Crippen LogP contribution is -2.37. The molecular formula is C19H21N3O3. The third-order valence-corrected chi connectivity index (χ3v) is 4.43. The third kappa shape index (κ3) is 4.35. The Morgan fingerprint density at radius 1 is 1.08 bits per heavy atom. The topological polar surface area (TPSA) is 82.5 Å². The van der Waals surface area contributed by atoms with Gasteiger partial charge in [-0.3, -0.25) is 9.59 Å². The molecule has 1 aromatic carbocycles. The summed E-state index contributed by atoms with van der Waals surface area (Å²) in [6.45, 7) is 1.73. The summed E-state index contributed by atoms with van der Waals surface area (Å²) in [7, 11) is 0. The van der Waals surface area contributed by atoms with Crippen molar-refractivity contribution in [1.82, 2.24) is 10.3 Å². The largest absolute Gasteiger partial charge is 0.481 e. The first-order valence-electron chi connectivity index (χ1n) is 8.40.